The first-order valence-corrected chi connectivity index (χ1v) is 46.5. The third-order valence-corrected chi connectivity index (χ3v) is 26.2. The average molecular weight is 2080 g/mol. The molecule has 0 radical (unpaired) electrons. The number of rotatable bonds is 22. The van der Waals surface area contributed by atoms with Gasteiger partial charge in [0.1, 0.15) is 47.7 Å². The lowest BCUT2D eigenvalue weighted by atomic mass is 9.97. The number of hydrogen-bond acceptors (Lipinski definition) is 26. The number of aromatic nitrogens is 12. The number of carbonyl (C=O) groups excluding carboxylic acids is 6. The van der Waals surface area contributed by atoms with E-state index in [0.29, 0.717) is 54.9 Å². The van der Waals surface area contributed by atoms with Crippen LogP contribution in [0.1, 0.15) is 78.3 Å². The summed E-state index contributed by atoms with van der Waals surface area (Å²) in [5.74, 6) is -8.21. The third-order valence-electron chi connectivity index (χ3n) is 26.2. The summed E-state index contributed by atoms with van der Waals surface area (Å²) >= 11 is 0. The number of Topliss-reactive ketones (excluding diaryl/α,β-unsaturated/α-hetero) is 1. The van der Waals surface area contributed by atoms with E-state index in [9.17, 15) is 97.0 Å². The van der Waals surface area contributed by atoms with Crippen molar-refractivity contribution in [2.45, 2.75) is 109 Å². The molecule has 18 rings (SSSR count). The quantitative estimate of drug-likeness (QED) is 0.0419. The summed E-state index contributed by atoms with van der Waals surface area (Å²) in [7, 11) is 5.66. The highest BCUT2D eigenvalue weighted by atomic mass is 19.4. The number of methoxy groups -OCH3 is 1. The Hall–Kier alpha value is -16.7. The van der Waals surface area contributed by atoms with Crippen molar-refractivity contribution in [2.24, 2.45) is 21.1 Å². The number of fused-ring (bicyclic) bond motifs is 6. The molecule has 3 aliphatic rings. The lowest BCUT2D eigenvalue weighted by Crippen LogP contribution is -2.53. The summed E-state index contributed by atoms with van der Waals surface area (Å²) < 4.78 is 202. The van der Waals surface area contributed by atoms with Crippen LogP contribution in [0.15, 0.2) is 212 Å². The lowest BCUT2D eigenvalue weighted by Gasteiger charge is -2.38. The van der Waals surface area contributed by atoms with Gasteiger partial charge in [-0.1, -0.05) is 36.4 Å². The summed E-state index contributed by atoms with van der Waals surface area (Å²) in [5.41, 5.74) is -1.03. The van der Waals surface area contributed by atoms with Crippen molar-refractivity contribution < 1.29 is 105 Å². The van der Waals surface area contributed by atoms with Crippen molar-refractivity contribution in [3.63, 3.8) is 0 Å². The SMILES string of the molecule is CC(=O)C(Cc1ccc(-n2c(=O)c3ccncc3n(C)c2=O)c2ncccc12)NC(=O)c1c(C)cc(N2CCOCC2C(F)(F)F)cc1F.CCOC(=O)C(Cc1ccc(-n2c(=O)c3ccncc3n(C)c2=O)c2ncccc12)NC(=O)c1c(C)cc(N2CCOCC2C(F)(F)F)cc1F.COC(=O)C(Cc1ccc(-n2c(=O)c3ccncc3n(C)c2=O)c2ncccc12)NC(=O)c1c(C)cc(N2CCOCC2C(F)(F)F)cc1F. The highest BCUT2D eigenvalue weighted by Gasteiger charge is 2.49. The van der Waals surface area contributed by atoms with E-state index in [0.717, 1.165) is 53.7 Å². The van der Waals surface area contributed by atoms with Crippen molar-refractivity contribution in [3.8, 4) is 17.1 Å². The topological polar surface area (TPSA) is 404 Å². The zero-order valence-electron chi connectivity index (χ0n) is 81.2. The Bertz CT molecular complexity index is 8250. The van der Waals surface area contributed by atoms with Gasteiger partial charge in [0.05, 0.1) is 161 Å². The summed E-state index contributed by atoms with van der Waals surface area (Å²) in [6, 6.07) is 20.4. The summed E-state index contributed by atoms with van der Waals surface area (Å²) in [5, 5.41) is 9.80. The van der Waals surface area contributed by atoms with Crippen molar-refractivity contribution in [3.05, 3.63) is 313 Å². The molecule has 3 N–H and O–H groups in total. The molecule has 6 aromatic carbocycles. The van der Waals surface area contributed by atoms with Crippen LogP contribution in [0.3, 0.4) is 0 Å². The molecule has 0 bridgehead atoms. The van der Waals surface area contributed by atoms with E-state index >= 15 is 13.2 Å². The fourth-order valence-electron chi connectivity index (χ4n) is 18.8. The van der Waals surface area contributed by atoms with Crippen molar-refractivity contribution >= 4 is 118 Å². The van der Waals surface area contributed by atoms with Gasteiger partial charge in [0, 0.05) is 130 Å². The van der Waals surface area contributed by atoms with Crippen molar-refractivity contribution in [2.75, 3.05) is 87.7 Å². The maximum atomic E-state index is 15.6. The van der Waals surface area contributed by atoms with E-state index in [1.165, 1.54) is 173 Å². The van der Waals surface area contributed by atoms with Gasteiger partial charge in [-0.2, -0.15) is 39.5 Å². The molecule has 780 valence electrons. The molecule has 15 aromatic rings. The Morgan fingerprint density at radius 2 is 0.700 bits per heavy atom. The van der Waals surface area contributed by atoms with E-state index in [-0.39, 0.29) is 143 Å². The van der Waals surface area contributed by atoms with Gasteiger partial charge in [0.2, 0.25) is 0 Å². The molecule has 3 saturated heterocycles. The Balaban J connectivity index is 0.000000160. The van der Waals surface area contributed by atoms with E-state index in [1.807, 2.05) is 0 Å². The second kappa shape index (κ2) is 43.4. The average Bonchev–Trinajstić information content (AvgIpc) is 0.750. The molecular formula is C103H92F12N18O17. The molecule has 12 heterocycles. The van der Waals surface area contributed by atoms with Crippen LogP contribution in [0.5, 0.6) is 0 Å². The van der Waals surface area contributed by atoms with Gasteiger partial charge in [-0.3, -0.25) is 77.2 Å². The molecule has 3 fully saturated rings. The first-order valence-electron chi connectivity index (χ1n) is 46.5. The predicted octanol–water partition coefficient (Wildman–Crippen LogP) is 10.9. The number of carbonyl (C=O) groups is 6. The highest BCUT2D eigenvalue weighted by molar-refractivity contribution is 6.02. The number of nitrogens with one attached hydrogen (secondary N) is 3. The van der Waals surface area contributed by atoms with Gasteiger partial charge in [-0.15, -0.1) is 0 Å². The van der Waals surface area contributed by atoms with E-state index in [4.69, 9.17) is 23.7 Å². The molecule has 9 aromatic heterocycles. The molecular weight excluding hydrogens is 1990 g/mol. The van der Waals surface area contributed by atoms with Gasteiger partial charge in [0.25, 0.3) is 34.4 Å². The molecule has 6 unspecified atom stereocenters. The van der Waals surface area contributed by atoms with Crippen LogP contribution in [0.2, 0.25) is 0 Å². The molecule has 0 saturated carbocycles. The second-order valence-electron chi connectivity index (χ2n) is 35.5. The zero-order valence-corrected chi connectivity index (χ0v) is 81.2. The maximum absolute atomic E-state index is 15.6. The summed E-state index contributed by atoms with van der Waals surface area (Å²) in [6.45, 7) is 4.78. The fraction of sp³-hybridized carbons (Fsp3) is 0.301. The number of amides is 3. The van der Waals surface area contributed by atoms with Gasteiger partial charge >= 0.3 is 47.5 Å². The first kappa shape index (κ1) is 106. The molecule has 47 heteroatoms. The number of ether oxygens (including phenoxy) is 5. The third kappa shape index (κ3) is 21.2. The van der Waals surface area contributed by atoms with Crippen LogP contribution in [0.4, 0.5) is 69.7 Å². The summed E-state index contributed by atoms with van der Waals surface area (Å²) in [6.07, 6.45) is -1.26. The number of esters is 2. The van der Waals surface area contributed by atoms with Gasteiger partial charge in [-0.25, -0.2) is 50.8 Å². The number of anilines is 3. The fourth-order valence-corrected chi connectivity index (χ4v) is 18.8. The Kier molecular flexibility index (Phi) is 30.7. The maximum Gasteiger partial charge on any atom is 0.411 e. The molecule has 6 atom stereocenters. The van der Waals surface area contributed by atoms with Crippen LogP contribution in [0, 0.1) is 38.2 Å². The van der Waals surface area contributed by atoms with Crippen LogP contribution < -0.4 is 64.4 Å². The molecule has 0 spiro atoms. The van der Waals surface area contributed by atoms with Gasteiger partial charge in [0.15, 0.2) is 5.78 Å². The van der Waals surface area contributed by atoms with Crippen molar-refractivity contribution in [1.82, 2.24) is 73.3 Å². The standard InChI is InChI=1S/C35H32F4N6O6.C34H30F4N6O6.C34H30F4N6O5/c1-4-51-33(48)25(42-31(46)29-19(2)14-21(16-24(29)36)44-12-13-50-18-28(44)35(37,38)39)15-20-7-8-26(30-22(20)6-5-10-41-30)45-32(47)23-9-11-40-17-27(23)43(3)34(45)49;1-18-13-20(43-11-12-50-17-27(43)34(36,37)38)15-23(35)28(18)30(45)41-24(32(47)49-3)14-19-6-7-25(29-21(19)5-4-9-40-29)44-31(46)22-8-10-39-16-26(22)42(2)33(44)48;1-18-13-21(43-11-12-49-17-28(43)34(36,37)38)15-24(35)29(18)31(46)41-25(19(2)45)14-20-6-7-26(30-22(20)5-4-9-40-30)44-32(47)23-8-10-39-16-27(23)42(3)33(44)48/h5-11,14,16-17,25,28H,4,12-13,15,18H2,1-3H3,(H,42,46);4-10,13,15-16,24,27H,11-12,14,17H2,1-3H3,(H,41,45);4-10,13,15-16,25,28H,11-12,14,17H2,1-3H3,(H,41,46). The zero-order chi connectivity index (χ0) is 108. The van der Waals surface area contributed by atoms with Crippen molar-refractivity contribution in [1.29, 1.82) is 0 Å². The number of nitrogens with zero attached hydrogens (tertiary/aromatic N) is 15. The lowest BCUT2D eigenvalue weighted by molar-refractivity contribution is -0.167. The highest BCUT2D eigenvalue weighted by Crippen LogP contribution is 2.39. The number of ketones is 1. The Morgan fingerprint density at radius 1 is 0.407 bits per heavy atom. The normalized spacial score (nSPS) is 15.7. The largest absolute Gasteiger partial charge is 0.467 e. The number of benzene rings is 6. The number of halogens is 12. The predicted molar refractivity (Wildman–Crippen MR) is 525 cm³/mol. The second-order valence-corrected chi connectivity index (χ2v) is 35.5. The minimum atomic E-state index is -4.63. The van der Waals surface area contributed by atoms with Crippen LogP contribution in [-0.2, 0) is 78.5 Å². The smallest absolute Gasteiger partial charge is 0.411 e. The first-order chi connectivity index (χ1) is 71.4. The number of hydrogen-bond donors (Lipinski definition) is 3. The monoisotopic (exact) mass is 2080 g/mol. The molecule has 3 amide bonds. The number of morpholine rings is 3. The van der Waals surface area contributed by atoms with Gasteiger partial charge in [-0.05, 0) is 159 Å². The Morgan fingerprint density at radius 3 is 0.980 bits per heavy atom. The number of alkyl halides is 9. The number of aryl methyl sites for hydroxylation is 6. The molecule has 150 heavy (non-hydrogen) atoms. The molecule has 0 aliphatic carbocycles. The molecule has 35 nitrogen and oxygen atoms in total. The van der Waals surface area contributed by atoms with Crippen LogP contribution >= 0.6 is 0 Å². The minimum Gasteiger partial charge on any atom is -0.467 e. The van der Waals surface area contributed by atoms with E-state index < -0.39 is 178 Å². The Labute approximate surface area is 840 Å². The number of pyridine rings is 6. The van der Waals surface area contributed by atoms with Gasteiger partial charge < -0.3 is 54.3 Å². The van der Waals surface area contributed by atoms with E-state index in [1.54, 1.807) is 61.5 Å². The summed E-state index contributed by atoms with van der Waals surface area (Å²) in [4.78, 5) is 188. The minimum absolute atomic E-state index is 0.00877. The van der Waals surface area contributed by atoms with Crippen LogP contribution in [-0.4, -0.2) is 221 Å². The van der Waals surface area contributed by atoms with E-state index in [2.05, 4.69) is 45.9 Å². The molecule has 3 aliphatic heterocycles. The van der Waals surface area contributed by atoms with Crippen LogP contribution in [0.25, 0.3) is 82.5 Å².